The van der Waals surface area contributed by atoms with E-state index >= 15 is 0 Å². The van der Waals surface area contributed by atoms with Gasteiger partial charge >= 0.3 is 0 Å². The number of rotatable bonds is 5. The molecule has 0 N–H and O–H groups in total. The van der Waals surface area contributed by atoms with Gasteiger partial charge in [-0.15, -0.1) is 0 Å². The van der Waals surface area contributed by atoms with Crippen LogP contribution in [-0.2, 0) is 6.54 Å². The van der Waals surface area contributed by atoms with Crippen molar-refractivity contribution in [2.75, 3.05) is 13.6 Å². The van der Waals surface area contributed by atoms with E-state index in [9.17, 15) is 0 Å². The minimum atomic E-state index is 0.619. The van der Waals surface area contributed by atoms with E-state index < -0.39 is 0 Å². The average molecular weight is 227 g/mol. The molecule has 0 saturated carbocycles. The lowest BCUT2D eigenvalue weighted by Gasteiger charge is -2.18. The van der Waals surface area contributed by atoms with Gasteiger partial charge in [0.25, 0.3) is 0 Å². The summed E-state index contributed by atoms with van der Waals surface area (Å²) in [6.45, 7) is 6.46. The summed E-state index contributed by atoms with van der Waals surface area (Å²) < 4.78 is 0. The number of pyridine rings is 1. The maximum absolute atomic E-state index is 5.99. The van der Waals surface area contributed by atoms with E-state index in [1.807, 2.05) is 12.1 Å². The Balaban J connectivity index is 2.44. The molecule has 84 valence electrons. The third-order valence-corrected chi connectivity index (χ3v) is 2.71. The molecule has 0 aliphatic carbocycles. The van der Waals surface area contributed by atoms with Crippen LogP contribution in [0.1, 0.15) is 25.8 Å². The van der Waals surface area contributed by atoms with E-state index in [2.05, 4.69) is 30.8 Å². The maximum Gasteiger partial charge on any atom is 0.133 e. The van der Waals surface area contributed by atoms with Crippen molar-refractivity contribution >= 4 is 11.6 Å². The number of aromatic nitrogens is 1. The molecule has 0 aliphatic heterocycles. The second kappa shape index (κ2) is 6.09. The predicted molar refractivity (Wildman–Crippen MR) is 65.0 cm³/mol. The molecule has 0 saturated heterocycles. The van der Waals surface area contributed by atoms with Gasteiger partial charge in [-0.25, -0.2) is 4.98 Å². The van der Waals surface area contributed by atoms with Crippen molar-refractivity contribution in [3.05, 3.63) is 29.0 Å². The zero-order valence-electron chi connectivity index (χ0n) is 9.70. The van der Waals surface area contributed by atoms with E-state index in [1.165, 1.54) is 6.42 Å². The van der Waals surface area contributed by atoms with Crippen LogP contribution in [0.25, 0.3) is 0 Å². The highest BCUT2D eigenvalue weighted by molar-refractivity contribution is 6.30. The molecule has 3 heteroatoms. The van der Waals surface area contributed by atoms with Gasteiger partial charge < -0.3 is 4.90 Å². The van der Waals surface area contributed by atoms with Crippen molar-refractivity contribution in [2.24, 2.45) is 5.92 Å². The van der Waals surface area contributed by atoms with Crippen molar-refractivity contribution in [3.8, 4) is 0 Å². The molecule has 0 spiro atoms. The monoisotopic (exact) mass is 226 g/mol. The second-order valence-electron chi connectivity index (χ2n) is 4.37. The van der Waals surface area contributed by atoms with Crippen LogP contribution < -0.4 is 0 Å². The molecule has 0 aromatic carbocycles. The first-order valence-electron chi connectivity index (χ1n) is 5.37. The molecule has 1 aromatic heterocycles. The Kier molecular flexibility index (Phi) is 5.06. The maximum atomic E-state index is 5.99. The van der Waals surface area contributed by atoms with Crippen LogP contribution in [0.4, 0.5) is 0 Å². The van der Waals surface area contributed by atoms with Crippen LogP contribution in [0.15, 0.2) is 18.3 Å². The van der Waals surface area contributed by atoms with Crippen LogP contribution in [0, 0.1) is 5.92 Å². The van der Waals surface area contributed by atoms with Gasteiger partial charge in [-0.3, -0.25) is 0 Å². The first-order chi connectivity index (χ1) is 7.09. The quantitative estimate of drug-likeness (QED) is 0.717. The topological polar surface area (TPSA) is 16.1 Å². The molecular formula is C12H19ClN2. The van der Waals surface area contributed by atoms with E-state index in [0.29, 0.717) is 5.15 Å². The van der Waals surface area contributed by atoms with Crippen LogP contribution >= 0.6 is 11.6 Å². The third kappa shape index (κ3) is 4.63. The number of halogens is 1. The number of hydrogen-bond donors (Lipinski definition) is 0. The van der Waals surface area contributed by atoms with E-state index in [0.717, 1.165) is 24.6 Å². The van der Waals surface area contributed by atoms with Crippen molar-refractivity contribution in [2.45, 2.75) is 26.8 Å². The summed E-state index contributed by atoms with van der Waals surface area (Å²) in [6.07, 6.45) is 2.94. The fourth-order valence-corrected chi connectivity index (χ4v) is 1.56. The number of nitrogens with zero attached hydrogens (tertiary/aromatic N) is 2. The summed E-state index contributed by atoms with van der Waals surface area (Å²) in [6, 6.07) is 3.96. The van der Waals surface area contributed by atoms with Gasteiger partial charge in [0.15, 0.2) is 0 Å². The fourth-order valence-electron chi connectivity index (χ4n) is 1.39. The molecule has 0 bridgehead atoms. The third-order valence-electron chi connectivity index (χ3n) is 2.36. The smallest absolute Gasteiger partial charge is 0.133 e. The van der Waals surface area contributed by atoms with Gasteiger partial charge in [0, 0.05) is 18.3 Å². The van der Waals surface area contributed by atoms with Crippen LogP contribution in [0.2, 0.25) is 5.15 Å². The van der Waals surface area contributed by atoms with Gasteiger partial charge in [-0.05, 0) is 32.0 Å². The lowest BCUT2D eigenvalue weighted by atomic mass is 10.1. The standard InChI is InChI=1S/C12H19ClN2/c1-10(2)6-8-15(3)9-11-5-4-7-14-12(11)13/h4-5,7,10H,6,8-9H2,1-3H3. The minimum absolute atomic E-state index is 0.619. The summed E-state index contributed by atoms with van der Waals surface area (Å²) in [5, 5.41) is 0.619. The second-order valence-corrected chi connectivity index (χ2v) is 4.73. The predicted octanol–water partition coefficient (Wildman–Crippen LogP) is 3.21. The molecule has 0 unspecified atom stereocenters. The Hall–Kier alpha value is -0.600. The molecule has 15 heavy (non-hydrogen) atoms. The van der Waals surface area contributed by atoms with Crippen molar-refractivity contribution in [1.29, 1.82) is 0 Å². The van der Waals surface area contributed by atoms with Gasteiger partial charge in [0.2, 0.25) is 0 Å². The summed E-state index contributed by atoms with van der Waals surface area (Å²) >= 11 is 5.99. The summed E-state index contributed by atoms with van der Waals surface area (Å²) in [5.74, 6) is 0.747. The Morgan fingerprint density at radius 1 is 1.47 bits per heavy atom. The molecule has 1 aromatic rings. The summed E-state index contributed by atoms with van der Waals surface area (Å²) in [5.41, 5.74) is 1.10. The van der Waals surface area contributed by atoms with Crippen molar-refractivity contribution in [3.63, 3.8) is 0 Å². The lowest BCUT2D eigenvalue weighted by molar-refractivity contribution is 0.303. The highest BCUT2D eigenvalue weighted by atomic mass is 35.5. The Labute approximate surface area is 97.3 Å². The molecule has 0 fully saturated rings. The van der Waals surface area contributed by atoms with E-state index in [1.54, 1.807) is 6.20 Å². The molecule has 0 atom stereocenters. The molecule has 1 rings (SSSR count). The molecule has 0 aliphatic rings. The first-order valence-corrected chi connectivity index (χ1v) is 5.75. The van der Waals surface area contributed by atoms with Gasteiger partial charge in [-0.1, -0.05) is 31.5 Å². The summed E-state index contributed by atoms with van der Waals surface area (Å²) in [4.78, 5) is 6.35. The van der Waals surface area contributed by atoms with Crippen molar-refractivity contribution < 1.29 is 0 Å². The van der Waals surface area contributed by atoms with Crippen LogP contribution in [-0.4, -0.2) is 23.5 Å². The van der Waals surface area contributed by atoms with Gasteiger partial charge in [0.1, 0.15) is 5.15 Å². The Morgan fingerprint density at radius 2 is 2.20 bits per heavy atom. The Bertz CT molecular complexity index is 299. The molecular weight excluding hydrogens is 208 g/mol. The molecule has 0 radical (unpaired) electrons. The highest BCUT2D eigenvalue weighted by Gasteiger charge is 2.05. The van der Waals surface area contributed by atoms with Crippen molar-refractivity contribution in [1.82, 2.24) is 9.88 Å². The largest absolute Gasteiger partial charge is 0.302 e. The zero-order valence-corrected chi connectivity index (χ0v) is 10.5. The minimum Gasteiger partial charge on any atom is -0.302 e. The molecule has 1 heterocycles. The fraction of sp³-hybridized carbons (Fsp3) is 0.583. The van der Waals surface area contributed by atoms with E-state index in [4.69, 9.17) is 11.6 Å². The van der Waals surface area contributed by atoms with Gasteiger partial charge in [0.05, 0.1) is 0 Å². The lowest BCUT2D eigenvalue weighted by Crippen LogP contribution is -2.20. The Morgan fingerprint density at radius 3 is 2.80 bits per heavy atom. The van der Waals surface area contributed by atoms with Gasteiger partial charge in [-0.2, -0.15) is 0 Å². The van der Waals surface area contributed by atoms with Crippen LogP contribution in [0.5, 0.6) is 0 Å². The SMILES string of the molecule is CC(C)CCN(C)Cc1cccnc1Cl. The molecule has 0 amide bonds. The normalized spacial score (nSPS) is 11.3. The number of hydrogen-bond acceptors (Lipinski definition) is 2. The summed E-state index contributed by atoms with van der Waals surface area (Å²) in [7, 11) is 2.12. The van der Waals surface area contributed by atoms with Crippen LogP contribution in [0.3, 0.4) is 0 Å². The average Bonchev–Trinajstić information content (AvgIpc) is 2.18. The zero-order chi connectivity index (χ0) is 11.3. The highest BCUT2D eigenvalue weighted by Crippen LogP contribution is 2.13. The molecule has 2 nitrogen and oxygen atoms in total. The van der Waals surface area contributed by atoms with E-state index in [-0.39, 0.29) is 0 Å². The first kappa shape index (κ1) is 12.5.